The first-order valence-corrected chi connectivity index (χ1v) is 6.51. The second-order valence-corrected chi connectivity index (χ2v) is 4.98. The maximum atomic E-state index is 11.9. The minimum absolute atomic E-state index is 0.159. The summed E-state index contributed by atoms with van der Waals surface area (Å²) >= 11 is 0. The Labute approximate surface area is 114 Å². The molecule has 0 fully saturated rings. The van der Waals surface area contributed by atoms with Gasteiger partial charge in [0.25, 0.3) is 5.91 Å². The summed E-state index contributed by atoms with van der Waals surface area (Å²) in [5.74, 6) is 0.323. The van der Waals surface area contributed by atoms with Crippen LogP contribution in [0.25, 0.3) is 0 Å². The van der Waals surface area contributed by atoms with E-state index in [2.05, 4.69) is 25.5 Å². The Morgan fingerprint density at radius 2 is 2.16 bits per heavy atom. The van der Waals surface area contributed by atoms with Crippen LogP contribution in [0.15, 0.2) is 12.3 Å². The van der Waals surface area contributed by atoms with E-state index in [1.54, 1.807) is 12.3 Å². The molecule has 0 aliphatic rings. The van der Waals surface area contributed by atoms with E-state index in [1.165, 1.54) is 0 Å². The number of amides is 1. The molecule has 1 aromatic rings. The monoisotopic (exact) mass is 265 g/mol. The Hall–Kier alpha value is -1.69. The molecule has 2 N–H and O–H groups in total. The topological polar surface area (TPSA) is 70.2 Å². The molecular formula is C13H23N5O. The number of carbonyl (C=O) groups is 1. The third kappa shape index (κ3) is 6.15. The molecule has 106 valence electrons. The van der Waals surface area contributed by atoms with E-state index >= 15 is 0 Å². The van der Waals surface area contributed by atoms with Crippen molar-refractivity contribution in [3.63, 3.8) is 0 Å². The quantitative estimate of drug-likeness (QED) is 0.719. The fraction of sp³-hybridized carbons (Fsp3) is 0.615. The fourth-order valence-electron chi connectivity index (χ4n) is 1.50. The molecular weight excluding hydrogens is 242 g/mol. The van der Waals surface area contributed by atoms with E-state index in [4.69, 9.17) is 0 Å². The highest BCUT2D eigenvalue weighted by Gasteiger charge is 2.08. The third-order valence-corrected chi connectivity index (χ3v) is 2.37. The predicted molar refractivity (Wildman–Crippen MR) is 76.3 cm³/mol. The van der Waals surface area contributed by atoms with E-state index in [-0.39, 0.29) is 11.9 Å². The summed E-state index contributed by atoms with van der Waals surface area (Å²) in [4.78, 5) is 22.2. The molecule has 6 nitrogen and oxygen atoms in total. The first kappa shape index (κ1) is 15.4. The number of nitrogens with zero attached hydrogens (tertiary/aromatic N) is 3. The van der Waals surface area contributed by atoms with Crippen LogP contribution in [-0.4, -0.2) is 54.0 Å². The van der Waals surface area contributed by atoms with Crippen LogP contribution in [0.1, 0.15) is 30.8 Å². The van der Waals surface area contributed by atoms with Gasteiger partial charge < -0.3 is 15.5 Å². The average molecular weight is 265 g/mol. The zero-order valence-corrected chi connectivity index (χ0v) is 12.1. The first-order chi connectivity index (χ1) is 8.99. The molecule has 1 aromatic heterocycles. The molecule has 0 saturated carbocycles. The van der Waals surface area contributed by atoms with E-state index in [1.807, 2.05) is 27.9 Å². The Balaban J connectivity index is 2.47. The lowest BCUT2D eigenvalue weighted by atomic mass is 10.3. The summed E-state index contributed by atoms with van der Waals surface area (Å²) in [6.45, 7) is 5.59. The summed E-state index contributed by atoms with van der Waals surface area (Å²) in [5.41, 5.74) is 0.392. The Bertz CT molecular complexity index is 406. The van der Waals surface area contributed by atoms with Crippen LogP contribution in [0.3, 0.4) is 0 Å². The maximum Gasteiger partial charge on any atom is 0.270 e. The van der Waals surface area contributed by atoms with Gasteiger partial charge in [-0.05, 0) is 47.0 Å². The molecule has 0 aliphatic carbocycles. The average Bonchev–Trinajstić information content (AvgIpc) is 2.33. The van der Waals surface area contributed by atoms with Gasteiger partial charge in [-0.3, -0.25) is 4.79 Å². The van der Waals surface area contributed by atoms with Crippen molar-refractivity contribution in [2.45, 2.75) is 26.3 Å². The molecule has 0 aliphatic heterocycles. The van der Waals surface area contributed by atoms with Gasteiger partial charge in [0.15, 0.2) is 0 Å². The molecule has 19 heavy (non-hydrogen) atoms. The van der Waals surface area contributed by atoms with Gasteiger partial charge in [0.2, 0.25) is 5.95 Å². The zero-order valence-electron chi connectivity index (χ0n) is 12.1. The van der Waals surface area contributed by atoms with Crippen LogP contribution in [-0.2, 0) is 0 Å². The number of nitrogens with one attached hydrogen (secondary N) is 2. The normalized spacial score (nSPS) is 10.8. The van der Waals surface area contributed by atoms with Crippen molar-refractivity contribution in [3.8, 4) is 0 Å². The molecule has 0 saturated heterocycles. The summed E-state index contributed by atoms with van der Waals surface area (Å²) in [6, 6.07) is 1.85. The molecule has 0 radical (unpaired) electrons. The maximum absolute atomic E-state index is 11.9. The second kappa shape index (κ2) is 7.68. The van der Waals surface area contributed by atoms with Gasteiger partial charge in [0.1, 0.15) is 5.69 Å². The van der Waals surface area contributed by atoms with Gasteiger partial charge in [0.05, 0.1) is 0 Å². The van der Waals surface area contributed by atoms with Gasteiger partial charge in [-0.2, -0.15) is 0 Å². The molecule has 0 spiro atoms. The van der Waals surface area contributed by atoms with Crippen molar-refractivity contribution < 1.29 is 4.79 Å². The van der Waals surface area contributed by atoms with Gasteiger partial charge in [-0.15, -0.1) is 0 Å². The van der Waals surface area contributed by atoms with Crippen molar-refractivity contribution in [2.75, 3.05) is 32.5 Å². The number of rotatable bonds is 7. The molecule has 1 rings (SSSR count). The van der Waals surface area contributed by atoms with Crippen LogP contribution < -0.4 is 10.6 Å². The van der Waals surface area contributed by atoms with E-state index in [0.717, 1.165) is 13.0 Å². The zero-order chi connectivity index (χ0) is 14.3. The van der Waals surface area contributed by atoms with Crippen LogP contribution in [0.4, 0.5) is 5.95 Å². The Morgan fingerprint density at radius 3 is 2.79 bits per heavy atom. The summed E-state index contributed by atoms with van der Waals surface area (Å²) in [5, 5.41) is 5.92. The minimum atomic E-state index is -0.159. The van der Waals surface area contributed by atoms with E-state index in [0.29, 0.717) is 18.2 Å². The Morgan fingerprint density at radius 1 is 1.42 bits per heavy atom. The minimum Gasteiger partial charge on any atom is -0.352 e. The van der Waals surface area contributed by atoms with Gasteiger partial charge in [0, 0.05) is 18.8 Å². The molecule has 0 aromatic carbocycles. The van der Waals surface area contributed by atoms with Crippen LogP contribution in [0, 0.1) is 0 Å². The highest BCUT2D eigenvalue weighted by Crippen LogP contribution is 2.02. The van der Waals surface area contributed by atoms with Gasteiger partial charge in [-0.25, -0.2) is 9.97 Å². The van der Waals surface area contributed by atoms with Crippen molar-refractivity contribution in [1.29, 1.82) is 0 Å². The number of hydrogen-bond donors (Lipinski definition) is 2. The smallest absolute Gasteiger partial charge is 0.270 e. The summed E-state index contributed by atoms with van der Waals surface area (Å²) in [6.07, 6.45) is 2.51. The second-order valence-electron chi connectivity index (χ2n) is 4.98. The van der Waals surface area contributed by atoms with Crippen LogP contribution in [0.2, 0.25) is 0 Å². The first-order valence-electron chi connectivity index (χ1n) is 6.51. The third-order valence-electron chi connectivity index (χ3n) is 2.37. The van der Waals surface area contributed by atoms with Crippen molar-refractivity contribution in [3.05, 3.63) is 18.0 Å². The van der Waals surface area contributed by atoms with Gasteiger partial charge >= 0.3 is 0 Å². The number of anilines is 1. The van der Waals surface area contributed by atoms with Crippen molar-refractivity contribution >= 4 is 11.9 Å². The standard InChI is InChI=1S/C13H23N5O/c1-10(2)16-13-15-8-6-11(17-13)12(19)14-7-5-9-18(3)4/h6,8,10H,5,7,9H2,1-4H3,(H,14,19)(H,15,16,17). The molecule has 0 bridgehead atoms. The number of carbonyl (C=O) groups excluding carboxylic acids is 1. The van der Waals surface area contributed by atoms with E-state index in [9.17, 15) is 4.79 Å². The van der Waals surface area contributed by atoms with E-state index < -0.39 is 0 Å². The summed E-state index contributed by atoms with van der Waals surface area (Å²) < 4.78 is 0. The molecule has 1 heterocycles. The molecule has 0 atom stereocenters. The van der Waals surface area contributed by atoms with Crippen molar-refractivity contribution in [1.82, 2.24) is 20.2 Å². The van der Waals surface area contributed by atoms with Crippen LogP contribution >= 0.6 is 0 Å². The lowest BCUT2D eigenvalue weighted by Crippen LogP contribution is -2.28. The molecule has 0 unspecified atom stereocenters. The van der Waals surface area contributed by atoms with Crippen LogP contribution in [0.5, 0.6) is 0 Å². The largest absolute Gasteiger partial charge is 0.352 e. The lowest BCUT2D eigenvalue weighted by Gasteiger charge is -2.10. The SMILES string of the molecule is CC(C)Nc1nccc(C(=O)NCCCN(C)C)n1. The number of aromatic nitrogens is 2. The number of hydrogen-bond acceptors (Lipinski definition) is 5. The molecule has 6 heteroatoms. The summed E-state index contributed by atoms with van der Waals surface area (Å²) in [7, 11) is 4.02. The highest BCUT2D eigenvalue weighted by molar-refractivity contribution is 5.92. The van der Waals surface area contributed by atoms with Gasteiger partial charge in [-0.1, -0.05) is 0 Å². The van der Waals surface area contributed by atoms with Crippen molar-refractivity contribution in [2.24, 2.45) is 0 Å². The predicted octanol–water partition coefficient (Wildman–Crippen LogP) is 0.978. The highest BCUT2D eigenvalue weighted by atomic mass is 16.1. The molecule has 1 amide bonds. The fourth-order valence-corrected chi connectivity index (χ4v) is 1.50. The Kier molecular flexibility index (Phi) is 6.21. The lowest BCUT2D eigenvalue weighted by molar-refractivity contribution is 0.0947.